The molecule has 1 aromatic heterocycles. The Bertz CT molecular complexity index is 691. The third-order valence-corrected chi connectivity index (χ3v) is 4.44. The molecule has 2 heterocycles. The van der Waals surface area contributed by atoms with Crippen LogP contribution >= 0.6 is 0 Å². The van der Waals surface area contributed by atoms with Crippen molar-refractivity contribution in [3.8, 4) is 5.75 Å². The van der Waals surface area contributed by atoms with Crippen molar-refractivity contribution in [2.75, 3.05) is 38.2 Å². The Balaban J connectivity index is 1.48. The van der Waals surface area contributed by atoms with Gasteiger partial charge in [-0.25, -0.2) is 4.79 Å². The van der Waals surface area contributed by atoms with Gasteiger partial charge >= 0.3 is 6.03 Å². The van der Waals surface area contributed by atoms with Gasteiger partial charge in [-0.2, -0.15) is 0 Å². The predicted molar refractivity (Wildman–Crippen MR) is 94.7 cm³/mol. The lowest BCUT2D eigenvalue weighted by atomic mass is 10.2. The molecular weight excluding hydrogens is 320 g/mol. The molecule has 0 aliphatic carbocycles. The number of nitrogens with zero attached hydrogens (tertiary/aromatic N) is 5. The third-order valence-electron chi connectivity index (χ3n) is 4.44. The van der Waals surface area contributed by atoms with Crippen LogP contribution in [0.5, 0.6) is 5.75 Å². The number of carbonyl (C=O) groups excluding carboxylic acids is 1. The van der Waals surface area contributed by atoms with Crippen LogP contribution in [0.15, 0.2) is 30.6 Å². The first-order valence-electron chi connectivity index (χ1n) is 8.49. The number of hydrogen-bond acceptors (Lipinski definition) is 5. The molecule has 1 N–H and O–H groups in total. The Morgan fingerprint density at radius 3 is 2.56 bits per heavy atom. The minimum atomic E-state index is -0.0555. The maximum Gasteiger partial charge on any atom is 0.317 e. The molecular formula is C17H24N6O2. The van der Waals surface area contributed by atoms with Crippen LogP contribution in [0.2, 0.25) is 0 Å². The summed E-state index contributed by atoms with van der Waals surface area (Å²) < 4.78 is 7.11. The molecule has 0 spiro atoms. The van der Waals surface area contributed by atoms with Gasteiger partial charge in [-0.05, 0) is 31.2 Å². The van der Waals surface area contributed by atoms with Gasteiger partial charge in [0.05, 0.1) is 13.7 Å². The highest BCUT2D eigenvalue weighted by Gasteiger charge is 2.21. The first-order chi connectivity index (χ1) is 12.2. The van der Waals surface area contributed by atoms with Crippen LogP contribution in [-0.2, 0) is 13.1 Å². The lowest BCUT2D eigenvalue weighted by molar-refractivity contribution is 0.193. The SMILES string of the molecule is CCn1cnnc1CNC(=O)N1CCN(c2ccc(OC)cc2)CC1. The van der Waals surface area contributed by atoms with Gasteiger partial charge in [-0.3, -0.25) is 0 Å². The van der Waals surface area contributed by atoms with Crippen molar-refractivity contribution < 1.29 is 9.53 Å². The number of anilines is 1. The van der Waals surface area contributed by atoms with Crippen molar-refractivity contribution in [2.24, 2.45) is 0 Å². The lowest BCUT2D eigenvalue weighted by Gasteiger charge is -2.36. The molecule has 1 aliphatic rings. The number of hydrogen-bond donors (Lipinski definition) is 1. The highest BCUT2D eigenvalue weighted by atomic mass is 16.5. The topological polar surface area (TPSA) is 75.5 Å². The maximum atomic E-state index is 12.3. The highest BCUT2D eigenvalue weighted by Crippen LogP contribution is 2.20. The van der Waals surface area contributed by atoms with Crippen molar-refractivity contribution in [3.05, 3.63) is 36.4 Å². The van der Waals surface area contributed by atoms with Crippen molar-refractivity contribution in [2.45, 2.75) is 20.0 Å². The molecule has 0 atom stereocenters. The molecule has 1 aromatic carbocycles. The molecule has 1 fully saturated rings. The first-order valence-corrected chi connectivity index (χ1v) is 8.49. The van der Waals surface area contributed by atoms with Crippen molar-refractivity contribution in [1.29, 1.82) is 0 Å². The third kappa shape index (κ3) is 4.01. The predicted octanol–water partition coefficient (Wildman–Crippen LogP) is 1.34. The number of amides is 2. The summed E-state index contributed by atoms with van der Waals surface area (Å²) in [5.74, 6) is 1.62. The molecule has 2 amide bonds. The van der Waals surface area contributed by atoms with E-state index in [1.54, 1.807) is 13.4 Å². The van der Waals surface area contributed by atoms with E-state index < -0.39 is 0 Å². The van der Waals surface area contributed by atoms with E-state index >= 15 is 0 Å². The number of aryl methyl sites for hydroxylation is 1. The van der Waals surface area contributed by atoms with Crippen molar-refractivity contribution in [3.63, 3.8) is 0 Å². The van der Waals surface area contributed by atoms with Gasteiger partial charge in [0.25, 0.3) is 0 Å². The summed E-state index contributed by atoms with van der Waals surface area (Å²) in [5.41, 5.74) is 1.15. The van der Waals surface area contributed by atoms with Gasteiger partial charge in [0.2, 0.25) is 0 Å². The first kappa shape index (κ1) is 17.1. The van der Waals surface area contributed by atoms with E-state index in [1.807, 2.05) is 40.7 Å². The average molecular weight is 344 g/mol. The van der Waals surface area contributed by atoms with E-state index in [0.29, 0.717) is 19.6 Å². The fourth-order valence-electron chi connectivity index (χ4n) is 2.91. The Labute approximate surface area is 147 Å². The normalized spacial score (nSPS) is 14.5. The summed E-state index contributed by atoms with van der Waals surface area (Å²) in [6, 6.07) is 7.95. The highest BCUT2D eigenvalue weighted by molar-refractivity contribution is 5.74. The summed E-state index contributed by atoms with van der Waals surface area (Å²) in [5, 5.41) is 10.8. The van der Waals surface area contributed by atoms with Gasteiger partial charge in [0.15, 0.2) is 5.82 Å². The molecule has 8 heteroatoms. The molecule has 0 unspecified atom stereocenters. The van der Waals surface area contributed by atoms with Crippen LogP contribution < -0.4 is 15.0 Å². The van der Waals surface area contributed by atoms with Crippen LogP contribution in [0.25, 0.3) is 0 Å². The molecule has 0 saturated carbocycles. The van der Waals surface area contributed by atoms with E-state index in [9.17, 15) is 4.79 Å². The zero-order valence-corrected chi connectivity index (χ0v) is 14.7. The molecule has 0 radical (unpaired) electrons. The molecule has 1 aliphatic heterocycles. The zero-order valence-electron chi connectivity index (χ0n) is 14.7. The number of benzene rings is 1. The maximum absolute atomic E-state index is 12.3. The van der Waals surface area contributed by atoms with Crippen LogP contribution in [0, 0.1) is 0 Å². The standard InChI is InChI=1S/C17H24N6O2/c1-3-21-13-19-20-16(21)12-18-17(24)23-10-8-22(9-11-23)14-4-6-15(25-2)7-5-14/h4-7,13H,3,8-12H2,1-2H3,(H,18,24). The second-order valence-corrected chi connectivity index (χ2v) is 5.86. The van der Waals surface area contributed by atoms with Gasteiger partial charge in [0.1, 0.15) is 12.1 Å². The van der Waals surface area contributed by atoms with E-state index in [-0.39, 0.29) is 6.03 Å². The van der Waals surface area contributed by atoms with Crippen LogP contribution in [-0.4, -0.2) is 59.0 Å². The Morgan fingerprint density at radius 2 is 1.92 bits per heavy atom. The van der Waals surface area contributed by atoms with Gasteiger partial charge in [-0.1, -0.05) is 0 Å². The molecule has 3 rings (SSSR count). The fourth-order valence-corrected chi connectivity index (χ4v) is 2.91. The second kappa shape index (κ2) is 7.87. The molecule has 2 aromatic rings. The number of rotatable bonds is 5. The van der Waals surface area contributed by atoms with E-state index in [4.69, 9.17) is 4.74 Å². The van der Waals surface area contributed by atoms with Gasteiger partial charge in [-0.15, -0.1) is 10.2 Å². The van der Waals surface area contributed by atoms with Crippen LogP contribution in [0.1, 0.15) is 12.7 Å². The summed E-state index contributed by atoms with van der Waals surface area (Å²) in [7, 11) is 1.66. The fraction of sp³-hybridized carbons (Fsp3) is 0.471. The van der Waals surface area contributed by atoms with E-state index in [2.05, 4.69) is 20.4 Å². The monoisotopic (exact) mass is 344 g/mol. The Hall–Kier alpha value is -2.77. The number of piperazine rings is 1. The molecule has 8 nitrogen and oxygen atoms in total. The lowest BCUT2D eigenvalue weighted by Crippen LogP contribution is -2.51. The molecule has 134 valence electrons. The summed E-state index contributed by atoms with van der Waals surface area (Å²) in [4.78, 5) is 16.5. The Kier molecular flexibility index (Phi) is 5.37. The molecule has 1 saturated heterocycles. The number of nitrogens with one attached hydrogen (secondary N) is 1. The number of aromatic nitrogens is 3. The van der Waals surface area contributed by atoms with Crippen LogP contribution in [0.4, 0.5) is 10.5 Å². The van der Waals surface area contributed by atoms with Crippen molar-refractivity contribution in [1.82, 2.24) is 25.0 Å². The number of ether oxygens (including phenoxy) is 1. The van der Waals surface area contributed by atoms with E-state index in [1.165, 1.54) is 0 Å². The summed E-state index contributed by atoms with van der Waals surface area (Å²) in [6.07, 6.45) is 1.68. The summed E-state index contributed by atoms with van der Waals surface area (Å²) in [6.45, 7) is 6.21. The number of methoxy groups -OCH3 is 1. The van der Waals surface area contributed by atoms with Gasteiger partial charge in [0, 0.05) is 38.4 Å². The number of carbonyl (C=O) groups is 1. The van der Waals surface area contributed by atoms with Crippen molar-refractivity contribution >= 4 is 11.7 Å². The van der Waals surface area contributed by atoms with E-state index in [0.717, 1.165) is 36.9 Å². The minimum absolute atomic E-state index is 0.0555. The van der Waals surface area contributed by atoms with Gasteiger partial charge < -0.3 is 24.4 Å². The zero-order chi connectivity index (χ0) is 17.6. The second-order valence-electron chi connectivity index (χ2n) is 5.86. The molecule has 25 heavy (non-hydrogen) atoms. The largest absolute Gasteiger partial charge is 0.497 e. The Morgan fingerprint density at radius 1 is 1.20 bits per heavy atom. The smallest absolute Gasteiger partial charge is 0.317 e. The molecule has 0 bridgehead atoms. The van der Waals surface area contributed by atoms with Crippen LogP contribution in [0.3, 0.4) is 0 Å². The quantitative estimate of drug-likeness (QED) is 0.886. The summed E-state index contributed by atoms with van der Waals surface area (Å²) >= 11 is 0. The number of urea groups is 1. The minimum Gasteiger partial charge on any atom is -0.497 e. The average Bonchev–Trinajstić information content (AvgIpc) is 3.14.